The van der Waals surface area contributed by atoms with Crippen LogP contribution < -0.4 is 16.1 Å². The Labute approximate surface area is 144 Å². The van der Waals surface area contributed by atoms with E-state index in [1.54, 1.807) is 17.0 Å². The summed E-state index contributed by atoms with van der Waals surface area (Å²) >= 11 is 0. The van der Waals surface area contributed by atoms with Crippen LogP contribution in [0.3, 0.4) is 0 Å². The molecule has 0 aromatic carbocycles. The van der Waals surface area contributed by atoms with Gasteiger partial charge in [-0.05, 0) is 12.8 Å². The minimum absolute atomic E-state index is 0.154. The molecule has 2 fully saturated rings. The predicted molar refractivity (Wildman–Crippen MR) is 88.5 cm³/mol. The van der Waals surface area contributed by atoms with Gasteiger partial charge >= 0.3 is 5.69 Å². The van der Waals surface area contributed by atoms with Gasteiger partial charge in [0.25, 0.3) is 11.5 Å². The third-order valence-corrected chi connectivity index (χ3v) is 5.27. The number of fused-ring (bicyclic) bond motifs is 1. The molecule has 1 spiro atoms. The Hall–Kier alpha value is -3.04. The van der Waals surface area contributed by atoms with Crippen molar-refractivity contribution in [2.75, 3.05) is 18.0 Å². The summed E-state index contributed by atoms with van der Waals surface area (Å²) in [6.07, 6.45) is 3.81. The quantitative estimate of drug-likeness (QED) is 0.711. The second-order valence-corrected chi connectivity index (χ2v) is 6.93. The monoisotopic (exact) mass is 360 g/mol. The molecule has 134 valence electrons. The van der Waals surface area contributed by atoms with E-state index in [0.717, 1.165) is 0 Å². The number of H-pyrrole nitrogens is 2. The molecule has 0 amide bonds. The average Bonchev–Trinajstić information content (AvgIpc) is 3.13. The first kappa shape index (κ1) is 15.2. The lowest BCUT2D eigenvalue weighted by Gasteiger charge is -2.19. The summed E-state index contributed by atoms with van der Waals surface area (Å²) in [6, 6.07) is 3.19. The normalized spacial score (nSPS) is 20.2. The predicted octanol–water partition coefficient (Wildman–Crippen LogP) is 1.01. The molecule has 8 nitrogen and oxygen atoms in total. The van der Waals surface area contributed by atoms with Crippen molar-refractivity contribution in [2.24, 2.45) is 5.41 Å². The van der Waals surface area contributed by atoms with Crippen molar-refractivity contribution >= 4 is 11.5 Å². The molecule has 1 aliphatic heterocycles. The van der Waals surface area contributed by atoms with Gasteiger partial charge in [-0.25, -0.2) is 18.6 Å². The number of nitrogens with zero attached hydrogens (tertiary/aromatic N) is 4. The highest BCUT2D eigenvalue weighted by molar-refractivity contribution is 5.66. The number of aromatic nitrogens is 5. The highest BCUT2D eigenvalue weighted by Gasteiger charge is 2.67. The van der Waals surface area contributed by atoms with E-state index in [4.69, 9.17) is 0 Å². The van der Waals surface area contributed by atoms with Gasteiger partial charge in [0.2, 0.25) is 0 Å². The molecule has 3 aromatic rings. The third kappa shape index (κ3) is 2.04. The molecule has 0 radical (unpaired) electrons. The molecular formula is C16H14F2N6O2. The van der Waals surface area contributed by atoms with Crippen LogP contribution in [-0.4, -0.2) is 43.6 Å². The topological polar surface area (TPSA) is 99.2 Å². The zero-order valence-corrected chi connectivity index (χ0v) is 13.5. The van der Waals surface area contributed by atoms with Crippen LogP contribution in [0.15, 0.2) is 34.1 Å². The summed E-state index contributed by atoms with van der Waals surface area (Å²) in [7, 11) is 0. The third-order valence-electron chi connectivity index (χ3n) is 5.27. The summed E-state index contributed by atoms with van der Waals surface area (Å²) in [5.41, 5.74) is -1.30. The minimum Gasteiger partial charge on any atom is -0.350 e. The molecule has 0 atom stereocenters. The molecule has 2 aliphatic rings. The second-order valence-electron chi connectivity index (χ2n) is 6.93. The van der Waals surface area contributed by atoms with Crippen LogP contribution in [0.4, 0.5) is 14.6 Å². The van der Waals surface area contributed by atoms with Crippen LogP contribution in [0.25, 0.3) is 16.9 Å². The van der Waals surface area contributed by atoms with Crippen molar-refractivity contribution in [3.8, 4) is 11.3 Å². The van der Waals surface area contributed by atoms with E-state index in [9.17, 15) is 18.4 Å². The largest absolute Gasteiger partial charge is 0.350 e. The molecule has 5 rings (SSSR count). The van der Waals surface area contributed by atoms with Gasteiger partial charge in [-0.1, -0.05) is 0 Å². The van der Waals surface area contributed by atoms with Crippen LogP contribution in [0, 0.1) is 5.41 Å². The molecule has 1 aliphatic carbocycles. The molecule has 3 aromatic heterocycles. The van der Waals surface area contributed by atoms with Gasteiger partial charge in [0.05, 0.1) is 29.4 Å². The fourth-order valence-corrected chi connectivity index (χ4v) is 3.64. The fraction of sp³-hybridized carbons (Fsp3) is 0.375. The Morgan fingerprint density at radius 2 is 2.00 bits per heavy atom. The first-order chi connectivity index (χ1) is 12.4. The first-order valence-electron chi connectivity index (χ1n) is 8.19. The van der Waals surface area contributed by atoms with Gasteiger partial charge in [0.15, 0.2) is 5.65 Å². The van der Waals surface area contributed by atoms with E-state index in [1.165, 1.54) is 16.9 Å². The van der Waals surface area contributed by atoms with E-state index in [2.05, 4.69) is 20.1 Å². The Kier molecular flexibility index (Phi) is 2.80. The van der Waals surface area contributed by atoms with Gasteiger partial charge in [0, 0.05) is 24.9 Å². The Bertz CT molecular complexity index is 1140. The highest BCUT2D eigenvalue weighted by atomic mass is 19.3. The number of halogens is 2. The van der Waals surface area contributed by atoms with Crippen LogP contribution in [0.1, 0.15) is 12.8 Å². The van der Waals surface area contributed by atoms with Gasteiger partial charge in [-0.2, -0.15) is 9.61 Å². The maximum Gasteiger partial charge on any atom is 0.325 e. The zero-order valence-electron chi connectivity index (χ0n) is 13.5. The van der Waals surface area contributed by atoms with E-state index >= 15 is 0 Å². The maximum absolute atomic E-state index is 14.4. The summed E-state index contributed by atoms with van der Waals surface area (Å²) in [5, 5.41) is 4.17. The van der Waals surface area contributed by atoms with E-state index in [-0.39, 0.29) is 17.8 Å². The van der Waals surface area contributed by atoms with E-state index < -0.39 is 29.1 Å². The maximum atomic E-state index is 14.4. The smallest absolute Gasteiger partial charge is 0.325 e. The fourth-order valence-electron chi connectivity index (χ4n) is 3.64. The van der Waals surface area contributed by atoms with Crippen LogP contribution >= 0.6 is 0 Å². The van der Waals surface area contributed by atoms with Crippen molar-refractivity contribution in [2.45, 2.75) is 18.8 Å². The lowest BCUT2D eigenvalue weighted by molar-refractivity contribution is -0.0334. The first-order valence-corrected chi connectivity index (χ1v) is 8.19. The van der Waals surface area contributed by atoms with Crippen molar-refractivity contribution in [3.05, 3.63) is 45.4 Å². The highest BCUT2D eigenvalue weighted by Crippen LogP contribution is 2.61. The molecule has 1 saturated carbocycles. The number of aromatic amines is 2. The molecule has 0 bridgehead atoms. The van der Waals surface area contributed by atoms with Gasteiger partial charge in [-0.3, -0.25) is 9.78 Å². The van der Waals surface area contributed by atoms with Gasteiger partial charge < -0.3 is 9.88 Å². The number of alkyl halides is 2. The number of anilines is 1. The summed E-state index contributed by atoms with van der Waals surface area (Å²) in [4.78, 5) is 33.8. The molecule has 4 heterocycles. The number of hydrogen-bond acceptors (Lipinski definition) is 5. The van der Waals surface area contributed by atoms with Crippen molar-refractivity contribution in [1.82, 2.24) is 24.6 Å². The number of rotatable bonds is 2. The molecule has 2 N–H and O–H groups in total. The van der Waals surface area contributed by atoms with E-state index in [1.807, 2.05) is 0 Å². The van der Waals surface area contributed by atoms with Crippen LogP contribution in [-0.2, 0) is 0 Å². The van der Waals surface area contributed by atoms with Gasteiger partial charge in [0.1, 0.15) is 5.82 Å². The van der Waals surface area contributed by atoms with Crippen LogP contribution in [0.2, 0.25) is 0 Å². The summed E-state index contributed by atoms with van der Waals surface area (Å²) < 4.78 is 30.3. The van der Waals surface area contributed by atoms with E-state index in [0.29, 0.717) is 24.3 Å². The Morgan fingerprint density at radius 1 is 1.19 bits per heavy atom. The summed E-state index contributed by atoms with van der Waals surface area (Å²) in [6.45, 7) is -0.159. The Morgan fingerprint density at radius 3 is 2.69 bits per heavy atom. The SMILES string of the molecule is O=c1[nH]cc(-c2cc(N3CC(F)(F)C4(CC4)C3)n3nccc3n2)c(=O)[nH]1. The number of nitrogens with one attached hydrogen (secondary N) is 2. The average molecular weight is 360 g/mol. The minimum atomic E-state index is -2.76. The van der Waals surface area contributed by atoms with Crippen molar-refractivity contribution < 1.29 is 8.78 Å². The second kappa shape index (κ2) is 4.77. The summed E-state index contributed by atoms with van der Waals surface area (Å²) in [5.74, 6) is -2.31. The molecule has 10 heteroatoms. The van der Waals surface area contributed by atoms with Crippen molar-refractivity contribution in [1.29, 1.82) is 0 Å². The lowest BCUT2D eigenvalue weighted by Crippen LogP contribution is -2.29. The van der Waals surface area contributed by atoms with Crippen molar-refractivity contribution in [3.63, 3.8) is 0 Å². The number of hydrogen-bond donors (Lipinski definition) is 2. The Balaban J connectivity index is 1.67. The molecular weight excluding hydrogens is 346 g/mol. The van der Waals surface area contributed by atoms with Crippen LogP contribution in [0.5, 0.6) is 0 Å². The standard InChI is InChI=1S/C16H14F2N6O2/c17-16(18)8-23(7-15(16)2-3-15)12-5-10(21-11-1-4-20-24(11)12)9-6-19-14(26)22-13(9)25/h1,4-6H,2-3,7-8H2,(H2,19,22,25,26). The zero-order chi connectivity index (χ0) is 18.1. The molecule has 26 heavy (non-hydrogen) atoms. The molecule has 0 unspecified atom stereocenters. The molecule has 1 saturated heterocycles. The van der Waals surface area contributed by atoms with Gasteiger partial charge in [-0.15, -0.1) is 0 Å². The lowest BCUT2D eigenvalue weighted by atomic mass is 10.0.